The number of nitrogens with zero attached hydrogens (tertiary/aromatic N) is 4. The van der Waals surface area contributed by atoms with Crippen molar-refractivity contribution in [2.75, 3.05) is 26.2 Å². The van der Waals surface area contributed by atoms with Crippen molar-refractivity contribution in [1.82, 2.24) is 41.0 Å². The van der Waals surface area contributed by atoms with Crippen LogP contribution < -0.4 is 40.2 Å². The number of rotatable bonds is 28. The van der Waals surface area contributed by atoms with Crippen LogP contribution in [0.5, 0.6) is 46.0 Å². The van der Waals surface area contributed by atoms with Crippen LogP contribution in [0.25, 0.3) is 87.6 Å². The van der Waals surface area contributed by atoms with Gasteiger partial charge in [-0.05, 0) is 155 Å². The fourth-order valence-electron chi connectivity index (χ4n) is 15.6. The van der Waals surface area contributed by atoms with E-state index in [1.54, 1.807) is 111 Å². The molecular formula is C100H76N8O12. The summed E-state index contributed by atoms with van der Waals surface area (Å²) in [6, 6.07) is 81.7. The Morgan fingerprint density at radius 3 is 0.792 bits per heavy atom. The van der Waals surface area contributed by atoms with E-state index < -0.39 is 59.3 Å². The van der Waals surface area contributed by atoms with Gasteiger partial charge in [0.25, 0.3) is 23.6 Å². The third kappa shape index (κ3) is 15.3. The smallest absolute Gasteiger partial charge is 0.262 e. The molecule has 20 heteroatoms. The summed E-state index contributed by atoms with van der Waals surface area (Å²) in [5.41, 5.74) is 7.95. The van der Waals surface area contributed by atoms with Crippen LogP contribution in [-0.2, 0) is 32.0 Å². The van der Waals surface area contributed by atoms with E-state index in [1.807, 2.05) is 170 Å². The number of imide groups is 2. The number of pyridine rings is 2. The van der Waals surface area contributed by atoms with Crippen molar-refractivity contribution >= 4 is 90.3 Å². The predicted octanol–water partition coefficient (Wildman–Crippen LogP) is 18.4. The second-order valence-electron chi connectivity index (χ2n) is 29.4. The van der Waals surface area contributed by atoms with Crippen molar-refractivity contribution < 1.29 is 57.3 Å². The van der Waals surface area contributed by atoms with E-state index in [9.17, 15) is 9.59 Å². The molecule has 4 heterocycles. The van der Waals surface area contributed by atoms with E-state index >= 15 is 28.8 Å². The lowest BCUT2D eigenvalue weighted by atomic mass is 9.80. The largest absolute Gasteiger partial charge is 0.457 e. The third-order valence-electron chi connectivity index (χ3n) is 21.4. The highest BCUT2D eigenvalue weighted by molar-refractivity contribution is 6.45. The first-order valence-corrected chi connectivity index (χ1v) is 39.2. The molecule has 2 atom stereocenters. The first-order chi connectivity index (χ1) is 58.5. The lowest BCUT2D eigenvalue weighted by molar-refractivity contribution is -0.125. The molecule has 0 saturated heterocycles. The molecule has 0 bridgehead atoms. The fourth-order valence-corrected chi connectivity index (χ4v) is 15.6. The van der Waals surface area contributed by atoms with Crippen molar-refractivity contribution in [2.45, 2.75) is 38.8 Å². The van der Waals surface area contributed by atoms with Gasteiger partial charge >= 0.3 is 0 Å². The van der Waals surface area contributed by atoms with Crippen molar-refractivity contribution in [3.63, 3.8) is 0 Å². The number of carbonyl (C=O) groups is 8. The molecular weight excluding hydrogens is 1510 g/mol. The number of hydrogen-bond donors (Lipinski definition) is 4. The average Bonchev–Trinajstić information content (AvgIpc) is 0.669. The summed E-state index contributed by atoms with van der Waals surface area (Å²) in [5.74, 6) is -4.85. The summed E-state index contributed by atoms with van der Waals surface area (Å²) in [5, 5.41) is 12.6. The maximum atomic E-state index is 16.8. The molecule has 0 saturated carbocycles. The van der Waals surface area contributed by atoms with Crippen molar-refractivity contribution in [1.29, 1.82) is 0 Å². The van der Waals surface area contributed by atoms with Crippen LogP contribution in [0.15, 0.2) is 316 Å². The van der Waals surface area contributed by atoms with E-state index in [2.05, 4.69) is 44.4 Å². The maximum Gasteiger partial charge on any atom is 0.262 e. The van der Waals surface area contributed by atoms with Crippen LogP contribution >= 0.6 is 0 Å². The van der Waals surface area contributed by atoms with Crippen LogP contribution in [0.4, 0.5) is 0 Å². The molecule has 2 aromatic heterocycles. The first-order valence-electron chi connectivity index (χ1n) is 39.2. The van der Waals surface area contributed by atoms with Crippen LogP contribution in [-0.4, -0.2) is 105 Å². The Balaban J connectivity index is 0.979. The topological polar surface area (TPSA) is 254 Å². The zero-order chi connectivity index (χ0) is 82.7. The van der Waals surface area contributed by atoms with Gasteiger partial charge in [-0.3, -0.25) is 58.1 Å². The Bertz CT molecular complexity index is 5860. The van der Waals surface area contributed by atoms with Gasteiger partial charge in [0.2, 0.25) is 23.6 Å². The van der Waals surface area contributed by atoms with Gasteiger partial charge in [0, 0.05) is 117 Å². The maximum absolute atomic E-state index is 16.8. The Labute approximate surface area is 689 Å². The highest BCUT2D eigenvalue weighted by atomic mass is 16.5. The van der Waals surface area contributed by atoms with Gasteiger partial charge in [-0.2, -0.15) is 0 Å². The molecule has 20 nitrogen and oxygen atoms in total. The minimum absolute atomic E-state index is 0.000575. The summed E-state index contributed by atoms with van der Waals surface area (Å²) in [4.78, 5) is 134. The minimum Gasteiger partial charge on any atom is -0.457 e. The van der Waals surface area contributed by atoms with Gasteiger partial charge in [0.05, 0.1) is 22.3 Å². The normalized spacial score (nSPS) is 12.8. The van der Waals surface area contributed by atoms with Crippen molar-refractivity contribution in [2.24, 2.45) is 0 Å². The zero-order valence-corrected chi connectivity index (χ0v) is 65.2. The Hall–Kier alpha value is -15.7. The summed E-state index contributed by atoms with van der Waals surface area (Å²) in [6.07, 6.45) is 2.57. The SMILES string of the molecule is C=C(C)C(=O)NCCNC(=O)C(Cc1ccccn1)N1C(=O)c2cc(Oc3ccc(-c4ccccc4)cc3)c3c4c(Oc5ccc(-c6ccccc6)cc5)cc5c6c(cc(Oc7ccc(-c8ccccc8)cc7)c(c7c(Oc8ccc(-c9ccccc9)cc8)cc(c2c37)C1=O)c64)C(=O)N(C(Cc1ccccn1)C(=O)NCCNC(=O)C(=C)C)C5=O. The molecule has 8 amide bonds. The lowest BCUT2D eigenvalue weighted by Crippen LogP contribution is -2.55. The van der Waals surface area contributed by atoms with Crippen molar-refractivity contribution in [3.8, 4) is 90.5 Å². The van der Waals surface area contributed by atoms with Crippen LogP contribution in [0.1, 0.15) is 66.7 Å². The summed E-state index contributed by atoms with van der Waals surface area (Å²) in [7, 11) is 0. The molecule has 2 aliphatic rings. The number of ether oxygens (including phenoxy) is 4. The molecule has 4 N–H and O–H groups in total. The number of fused-ring (bicyclic) bond motifs is 2. The van der Waals surface area contributed by atoms with E-state index in [4.69, 9.17) is 18.9 Å². The molecule has 17 rings (SSSR count). The Morgan fingerprint density at radius 1 is 0.308 bits per heavy atom. The standard InChI is InChI=1S/C100H76N8O12/c1-59(2)93(109)103-49-51-105-95(111)79(53-69-29-17-19-47-101-69)107-97(113)75-55-81(117-71-39-31-65(32-40-71)61-21-9-5-10-22-61)87-89-83(119-73-43-35-67(36-44-73)63-25-13-7-14-26-63)57-77-86-78(100(116)108(99(77)115)80(54-70-30-18-20-48-102-70)96(112)106-52-50-104-94(110)60(3)4)58-84(120-74-45-37-68(38-46-74)64-27-15-8-16-28-64)90(92(86)89)88-82(56-76(98(107)114)85(75)91(87)88)118-72-41-33-66(34-42-72)62-23-11-6-12-24-62/h5-48,55-58,79-80H,1,3,49-54H2,2,4H3,(H,103,109)(H,104,110)(H,105,111)(H,106,112). The summed E-state index contributed by atoms with van der Waals surface area (Å²) >= 11 is 0. The first kappa shape index (κ1) is 76.9. The highest BCUT2D eigenvalue weighted by Gasteiger charge is 2.47. The molecule has 0 spiro atoms. The number of amides is 8. The Kier molecular flexibility index (Phi) is 21.3. The van der Waals surface area contributed by atoms with E-state index in [0.717, 1.165) is 54.3 Å². The zero-order valence-electron chi connectivity index (χ0n) is 65.2. The van der Waals surface area contributed by atoms with Gasteiger partial charge in [-0.1, -0.05) is 195 Å². The predicted molar refractivity (Wildman–Crippen MR) is 462 cm³/mol. The van der Waals surface area contributed by atoms with Crippen LogP contribution in [0.2, 0.25) is 0 Å². The van der Waals surface area contributed by atoms with Gasteiger partial charge in [0.1, 0.15) is 58.1 Å². The van der Waals surface area contributed by atoms with E-state index in [1.165, 1.54) is 24.3 Å². The molecule has 2 aliphatic heterocycles. The molecule has 2 unspecified atom stereocenters. The van der Waals surface area contributed by atoms with E-state index in [0.29, 0.717) is 11.4 Å². The summed E-state index contributed by atoms with van der Waals surface area (Å²) < 4.78 is 29.7. The summed E-state index contributed by atoms with van der Waals surface area (Å²) in [6.45, 7) is 10.3. The minimum atomic E-state index is -1.59. The molecule has 15 aromatic rings. The molecule has 0 radical (unpaired) electrons. The van der Waals surface area contributed by atoms with E-state index in [-0.39, 0.29) is 162 Å². The molecule has 120 heavy (non-hydrogen) atoms. The van der Waals surface area contributed by atoms with Gasteiger partial charge in [-0.25, -0.2) is 0 Å². The van der Waals surface area contributed by atoms with Gasteiger partial charge < -0.3 is 40.2 Å². The van der Waals surface area contributed by atoms with Crippen LogP contribution in [0.3, 0.4) is 0 Å². The number of benzene rings is 13. The molecule has 13 aromatic carbocycles. The molecule has 0 aliphatic carbocycles. The number of nitrogens with one attached hydrogen (secondary N) is 4. The second-order valence-corrected chi connectivity index (χ2v) is 29.4. The fraction of sp³-hybridized carbons (Fsp3) is 0.100. The molecule has 588 valence electrons. The number of aromatic nitrogens is 2. The van der Waals surface area contributed by atoms with Gasteiger partial charge in [0.15, 0.2) is 0 Å². The highest BCUT2D eigenvalue weighted by Crippen LogP contribution is 2.58. The number of hydrogen-bond acceptors (Lipinski definition) is 14. The van der Waals surface area contributed by atoms with Crippen LogP contribution in [0, 0.1) is 0 Å². The third-order valence-corrected chi connectivity index (χ3v) is 21.4. The average molecular weight is 1580 g/mol. The molecule has 0 fully saturated rings. The van der Waals surface area contributed by atoms with Gasteiger partial charge in [-0.15, -0.1) is 0 Å². The Morgan fingerprint density at radius 2 is 0.550 bits per heavy atom. The quantitative estimate of drug-likeness (QED) is 0.0117. The second kappa shape index (κ2) is 33.3. The lowest BCUT2D eigenvalue weighted by Gasteiger charge is -2.36. The number of carbonyl (C=O) groups excluding carboxylic acids is 8. The van der Waals surface area contributed by atoms with Crippen molar-refractivity contribution in [3.05, 3.63) is 349 Å². The monoisotopic (exact) mass is 1580 g/mol.